The van der Waals surface area contributed by atoms with Gasteiger partial charge in [-0.1, -0.05) is 11.6 Å². The Kier molecular flexibility index (Phi) is 3.72. The summed E-state index contributed by atoms with van der Waals surface area (Å²) < 4.78 is 5.90. The van der Waals surface area contributed by atoms with Crippen LogP contribution in [0.4, 0.5) is 0 Å². The molecule has 0 radical (unpaired) electrons. The summed E-state index contributed by atoms with van der Waals surface area (Å²) in [5.41, 5.74) is 0.777. The molecule has 0 aliphatic heterocycles. The van der Waals surface area contributed by atoms with Gasteiger partial charge in [0.1, 0.15) is 5.75 Å². The van der Waals surface area contributed by atoms with Gasteiger partial charge in [-0.15, -0.1) is 0 Å². The molecule has 0 heterocycles. The molecule has 16 heavy (non-hydrogen) atoms. The number of ether oxygens (including phenoxy) is 1. The molecule has 0 saturated heterocycles. The van der Waals surface area contributed by atoms with Crippen LogP contribution in [0.3, 0.4) is 0 Å². The standard InChI is InChI=1S/C13H17ClO2/c1-9(15)12-8-10(14)6-7-13(12)16-11-4-2-3-5-11/h6-9,11,15H,2-5H2,1H3/t9-/m0/s1. The molecule has 1 N–H and O–H groups in total. The molecular formula is C13H17ClO2. The summed E-state index contributed by atoms with van der Waals surface area (Å²) in [6.45, 7) is 1.73. The molecule has 1 saturated carbocycles. The second kappa shape index (κ2) is 5.07. The van der Waals surface area contributed by atoms with Crippen LogP contribution in [0.15, 0.2) is 18.2 Å². The summed E-state index contributed by atoms with van der Waals surface area (Å²) in [4.78, 5) is 0. The SMILES string of the molecule is C[C@H](O)c1cc(Cl)ccc1OC1CCCC1. The van der Waals surface area contributed by atoms with Crippen LogP contribution >= 0.6 is 11.6 Å². The first-order valence-corrected chi connectivity index (χ1v) is 6.19. The molecule has 1 aromatic carbocycles. The summed E-state index contributed by atoms with van der Waals surface area (Å²) >= 11 is 5.91. The average Bonchev–Trinajstić information content (AvgIpc) is 2.73. The lowest BCUT2D eigenvalue weighted by molar-refractivity contribution is 0.174. The fraction of sp³-hybridized carbons (Fsp3) is 0.538. The Bertz CT molecular complexity index is 357. The van der Waals surface area contributed by atoms with Gasteiger partial charge >= 0.3 is 0 Å². The van der Waals surface area contributed by atoms with Gasteiger partial charge in [0.05, 0.1) is 12.2 Å². The normalized spacial score (nSPS) is 18.7. The molecule has 1 aliphatic rings. The molecule has 3 heteroatoms. The minimum Gasteiger partial charge on any atom is -0.490 e. The third-order valence-electron chi connectivity index (χ3n) is 3.02. The molecule has 1 fully saturated rings. The van der Waals surface area contributed by atoms with E-state index in [1.54, 1.807) is 19.1 Å². The maximum absolute atomic E-state index is 9.66. The number of hydrogen-bond donors (Lipinski definition) is 1. The van der Waals surface area contributed by atoms with Crippen molar-refractivity contribution in [2.75, 3.05) is 0 Å². The second-order valence-corrected chi connectivity index (χ2v) is 4.82. The van der Waals surface area contributed by atoms with E-state index in [4.69, 9.17) is 16.3 Å². The van der Waals surface area contributed by atoms with Crippen molar-refractivity contribution in [2.45, 2.75) is 44.8 Å². The van der Waals surface area contributed by atoms with Crippen LogP contribution < -0.4 is 4.74 Å². The molecular weight excluding hydrogens is 224 g/mol. The molecule has 0 aromatic heterocycles. The van der Waals surface area contributed by atoms with Gasteiger partial charge in [-0.05, 0) is 50.8 Å². The smallest absolute Gasteiger partial charge is 0.125 e. The topological polar surface area (TPSA) is 29.5 Å². The Balaban J connectivity index is 2.18. The highest BCUT2D eigenvalue weighted by molar-refractivity contribution is 6.30. The molecule has 2 nitrogen and oxygen atoms in total. The quantitative estimate of drug-likeness (QED) is 0.873. The van der Waals surface area contributed by atoms with E-state index in [0.717, 1.165) is 24.2 Å². The number of aliphatic hydroxyl groups excluding tert-OH is 1. The molecule has 2 rings (SSSR count). The van der Waals surface area contributed by atoms with Crippen LogP contribution in [0, 0.1) is 0 Å². The maximum Gasteiger partial charge on any atom is 0.125 e. The molecule has 0 unspecified atom stereocenters. The minimum atomic E-state index is -0.546. The van der Waals surface area contributed by atoms with Crippen molar-refractivity contribution in [3.05, 3.63) is 28.8 Å². The van der Waals surface area contributed by atoms with Gasteiger partial charge in [0.15, 0.2) is 0 Å². The van der Waals surface area contributed by atoms with E-state index in [1.807, 2.05) is 6.07 Å². The van der Waals surface area contributed by atoms with Gasteiger partial charge in [0.25, 0.3) is 0 Å². The average molecular weight is 241 g/mol. The van der Waals surface area contributed by atoms with Crippen molar-refractivity contribution in [3.8, 4) is 5.75 Å². The lowest BCUT2D eigenvalue weighted by Crippen LogP contribution is -2.12. The van der Waals surface area contributed by atoms with E-state index in [2.05, 4.69) is 0 Å². The number of halogens is 1. The molecule has 0 spiro atoms. The minimum absolute atomic E-state index is 0.304. The van der Waals surface area contributed by atoms with E-state index < -0.39 is 6.10 Å². The van der Waals surface area contributed by atoms with Crippen LogP contribution in [-0.2, 0) is 0 Å². The van der Waals surface area contributed by atoms with E-state index in [1.165, 1.54) is 12.8 Å². The van der Waals surface area contributed by atoms with Gasteiger partial charge in [-0.25, -0.2) is 0 Å². The Morgan fingerprint density at radius 2 is 2.06 bits per heavy atom. The molecule has 1 aromatic rings. The molecule has 0 amide bonds. The zero-order valence-corrected chi connectivity index (χ0v) is 10.2. The lowest BCUT2D eigenvalue weighted by atomic mass is 10.1. The van der Waals surface area contributed by atoms with Crippen LogP contribution in [0.1, 0.15) is 44.3 Å². The van der Waals surface area contributed by atoms with Crippen molar-refractivity contribution >= 4 is 11.6 Å². The number of hydrogen-bond acceptors (Lipinski definition) is 2. The van der Waals surface area contributed by atoms with Gasteiger partial charge in [0, 0.05) is 10.6 Å². The Hall–Kier alpha value is -0.730. The van der Waals surface area contributed by atoms with E-state index >= 15 is 0 Å². The summed E-state index contributed by atoms with van der Waals surface area (Å²) in [5.74, 6) is 0.770. The highest BCUT2D eigenvalue weighted by Gasteiger charge is 2.19. The maximum atomic E-state index is 9.66. The van der Waals surface area contributed by atoms with Crippen molar-refractivity contribution < 1.29 is 9.84 Å². The predicted octanol–water partition coefficient (Wildman–Crippen LogP) is 3.71. The zero-order chi connectivity index (χ0) is 11.5. The van der Waals surface area contributed by atoms with Gasteiger partial charge in [-0.3, -0.25) is 0 Å². The third kappa shape index (κ3) is 2.69. The number of aliphatic hydroxyl groups is 1. The highest BCUT2D eigenvalue weighted by Crippen LogP contribution is 2.31. The van der Waals surface area contributed by atoms with E-state index in [0.29, 0.717) is 11.1 Å². The van der Waals surface area contributed by atoms with E-state index in [-0.39, 0.29) is 0 Å². The first-order valence-electron chi connectivity index (χ1n) is 5.81. The van der Waals surface area contributed by atoms with Crippen molar-refractivity contribution in [1.82, 2.24) is 0 Å². The van der Waals surface area contributed by atoms with Crippen LogP contribution in [0.2, 0.25) is 5.02 Å². The Morgan fingerprint density at radius 3 is 2.69 bits per heavy atom. The van der Waals surface area contributed by atoms with Crippen LogP contribution in [0.25, 0.3) is 0 Å². The zero-order valence-electron chi connectivity index (χ0n) is 9.45. The summed E-state index contributed by atoms with van der Waals surface area (Å²) in [7, 11) is 0. The second-order valence-electron chi connectivity index (χ2n) is 4.38. The largest absolute Gasteiger partial charge is 0.490 e. The van der Waals surface area contributed by atoms with Crippen molar-refractivity contribution in [2.24, 2.45) is 0 Å². The Labute approximate surface area is 101 Å². The third-order valence-corrected chi connectivity index (χ3v) is 3.25. The molecule has 1 aliphatic carbocycles. The number of benzene rings is 1. The first-order chi connectivity index (χ1) is 7.66. The van der Waals surface area contributed by atoms with Gasteiger partial charge < -0.3 is 9.84 Å². The van der Waals surface area contributed by atoms with Gasteiger partial charge in [-0.2, -0.15) is 0 Å². The predicted molar refractivity (Wildman–Crippen MR) is 65.0 cm³/mol. The van der Waals surface area contributed by atoms with E-state index in [9.17, 15) is 5.11 Å². The summed E-state index contributed by atoms with van der Waals surface area (Å²) in [5, 5.41) is 10.3. The molecule has 88 valence electrons. The summed E-state index contributed by atoms with van der Waals surface area (Å²) in [6.07, 6.45) is 4.46. The highest BCUT2D eigenvalue weighted by atomic mass is 35.5. The molecule has 1 atom stereocenters. The van der Waals surface area contributed by atoms with Crippen molar-refractivity contribution in [3.63, 3.8) is 0 Å². The number of rotatable bonds is 3. The summed E-state index contributed by atoms with van der Waals surface area (Å²) in [6, 6.07) is 5.43. The lowest BCUT2D eigenvalue weighted by Gasteiger charge is -2.18. The van der Waals surface area contributed by atoms with Gasteiger partial charge in [0.2, 0.25) is 0 Å². The Morgan fingerprint density at radius 1 is 1.38 bits per heavy atom. The fourth-order valence-electron chi connectivity index (χ4n) is 2.14. The monoisotopic (exact) mass is 240 g/mol. The van der Waals surface area contributed by atoms with Crippen molar-refractivity contribution in [1.29, 1.82) is 0 Å². The first kappa shape index (κ1) is 11.7. The van der Waals surface area contributed by atoms with Crippen LogP contribution in [0.5, 0.6) is 5.75 Å². The van der Waals surface area contributed by atoms with Crippen LogP contribution in [-0.4, -0.2) is 11.2 Å². The molecule has 0 bridgehead atoms. The fourth-order valence-corrected chi connectivity index (χ4v) is 2.32.